The predicted octanol–water partition coefficient (Wildman–Crippen LogP) is 2.18. The van der Waals surface area contributed by atoms with Crippen molar-refractivity contribution in [2.24, 2.45) is 0 Å². The number of methoxy groups -OCH3 is 2. The summed E-state index contributed by atoms with van der Waals surface area (Å²) in [6.45, 7) is 2.05. The third kappa shape index (κ3) is 3.73. The van der Waals surface area contributed by atoms with E-state index in [0.29, 0.717) is 37.7 Å². The summed E-state index contributed by atoms with van der Waals surface area (Å²) in [6.07, 6.45) is 0. The van der Waals surface area contributed by atoms with Crippen molar-refractivity contribution in [2.45, 2.75) is 4.90 Å². The third-order valence-electron chi connectivity index (χ3n) is 5.22. The second kappa shape index (κ2) is 7.88. The number of para-hydroxylation sites is 1. The van der Waals surface area contributed by atoms with Gasteiger partial charge in [0.25, 0.3) is 5.82 Å². The molecule has 0 aliphatic carbocycles. The number of aromatic amines is 1. The first kappa shape index (κ1) is 19.5. The maximum absolute atomic E-state index is 13.1. The van der Waals surface area contributed by atoms with Gasteiger partial charge in [0.2, 0.25) is 10.0 Å². The van der Waals surface area contributed by atoms with Gasteiger partial charge in [-0.25, -0.2) is 13.4 Å². The first-order chi connectivity index (χ1) is 14.0. The third-order valence-corrected chi connectivity index (χ3v) is 7.11. The van der Waals surface area contributed by atoms with E-state index in [1.807, 2.05) is 24.3 Å². The molecule has 0 saturated carbocycles. The van der Waals surface area contributed by atoms with E-state index in [-0.39, 0.29) is 4.90 Å². The molecule has 0 radical (unpaired) electrons. The minimum absolute atomic E-state index is 0.209. The molecule has 2 aromatic carbocycles. The largest absolute Gasteiger partial charge is 0.493 e. The van der Waals surface area contributed by atoms with Crippen LogP contribution in [0.3, 0.4) is 0 Å². The number of nitrogens with one attached hydrogen (secondary N) is 1. The number of nitrogens with zero attached hydrogens (tertiary/aromatic N) is 2. The molecule has 1 saturated heterocycles. The first-order valence-corrected chi connectivity index (χ1v) is 10.8. The summed E-state index contributed by atoms with van der Waals surface area (Å²) < 4.78 is 38.1. The van der Waals surface area contributed by atoms with Crippen LogP contribution in [0.1, 0.15) is 0 Å². The highest BCUT2D eigenvalue weighted by Crippen LogP contribution is 2.31. The molecule has 0 amide bonds. The second-order valence-corrected chi connectivity index (χ2v) is 8.78. The summed E-state index contributed by atoms with van der Waals surface area (Å²) in [5, 5.41) is 1.14. The summed E-state index contributed by atoms with van der Waals surface area (Å²) in [5.41, 5.74) is 1.06. The zero-order chi connectivity index (χ0) is 20.4. The molecule has 1 fully saturated rings. The van der Waals surface area contributed by atoms with Crippen molar-refractivity contribution in [1.29, 1.82) is 0 Å². The van der Waals surface area contributed by atoms with Gasteiger partial charge in [0.15, 0.2) is 11.5 Å². The van der Waals surface area contributed by atoms with E-state index in [2.05, 4.69) is 22.0 Å². The lowest BCUT2D eigenvalue weighted by Crippen LogP contribution is -2.49. The number of sulfonamides is 1. The summed E-state index contributed by atoms with van der Waals surface area (Å²) in [5.74, 6) is 1.90. The molecule has 3 aromatic rings. The molecule has 1 N–H and O–H groups in total. The fourth-order valence-corrected chi connectivity index (χ4v) is 5.02. The molecule has 0 atom stereocenters. The SMILES string of the molecule is COc1ccc(S(=O)(=O)N2CCN(c3ccc4ccccc4[nH+]3)CC2)cc1OC. The van der Waals surface area contributed by atoms with Crippen molar-refractivity contribution in [3.05, 3.63) is 54.6 Å². The van der Waals surface area contributed by atoms with E-state index in [1.54, 1.807) is 12.1 Å². The standard InChI is InChI=1S/C21H23N3O4S/c1-27-19-9-8-17(15-20(19)28-2)29(25,26)24-13-11-23(12-14-24)21-10-7-16-5-3-4-6-18(16)22-21/h3-10,15H,11-14H2,1-2H3/p+1. The minimum atomic E-state index is -3.60. The molecule has 4 rings (SSSR count). The molecular weight excluding hydrogens is 390 g/mol. The molecule has 7 nitrogen and oxygen atoms in total. The Labute approximate surface area is 170 Å². The van der Waals surface area contributed by atoms with Crippen LogP contribution in [0.2, 0.25) is 0 Å². The lowest BCUT2D eigenvalue weighted by Gasteiger charge is -2.30. The van der Waals surface area contributed by atoms with Crippen LogP contribution >= 0.6 is 0 Å². The normalized spacial score (nSPS) is 15.4. The highest BCUT2D eigenvalue weighted by molar-refractivity contribution is 7.89. The van der Waals surface area contributed by atoms with Crippen molar-refractivity contribution in [3.8, 4) is 11.5 Å². The summed E-state index contributed by atoms with van der Waals surface area (Å²) in [6, 6.07) is 16.9. The molecular formula is C21H24N3O4S+. The van der Waals surface area contributed by atoms with Gasteiger partial charge in [0.1, 0.15) is 5.52 Å². The van der Waals surface area contributed by atoms with Gasteiger partial charge in [-0.05, 0) is 24.3 Å². The fraction of sp³-hybridized carbons (Fsp3) is 0.286. The van der Waals surface area contributed by atoms with Crippen LogP contribution < -0.4 is 19.4 Å². The van der Waals surface area contributed by atoms with Gasteiger partial charge in [-0.3, -0.25) is 4.90 Å². The summed E-state index contributed by atoms with van der Waals surface area (Å²) >= 11 is 0. The average molecular weight is 415 g/mol. The Kier molecular flexibility index (Phi) is 5.29. The summed E-state index contributed by atoms with van der Waals surface area (Å²) in [7, 11) is -0.583. The predicted molar refractivity (Wildman–Crippen MR) is 111 cm³/mol. The Morgan fingerprint density at radius 1 is 0.862 bits per heavy atom. The van der Waals surface area contributed by atoms with Crippen molar-refractivity contribution in [3.63, 3.8) is 0 Å². The number of H-pyrrole nitrogens is 1. The Morgan fingerprint density at radius 2 is 1.59 bits per heavy atom. The number of hydrogen-bond acceptors (Lipinski definition) is 5. The monoisotopic (exact) mass is 414 g/mol. The zero-order valence-electron chi connectivity index (χ0n) is 16.5. The van der Waals surface area contributed by atoms with E-state index >= 15 is 0 Å². The highest BCUT2D eigenvalue weighted by atomic mass is 32.2. The summed E-state index contributed by atoms with van der Waals surface area (Å²) in [4.78, 5) is 5.82. The van der Waals surface area contributed by atoms with Gasteiger partial charge in [-0.15, -0.1) is 0 Å². The number of ether oxygens (including phenoxy) is 2. The molecule has 29 heavy (non-hydrogen) atoms. The Morgan fingerprint density at radius 3 is 2.31 bits per heavy atom. The number of anilines is 1. The molecule has 0 spiro atoms. The number of piperazine rings is 1. The molecule has 0 unspecified atom stereocenters. The number of aromatic nitrogens is 1. The molecule has 1 aliphatic heterocycles. The Balaban J connectivity index is 1.51. The maximum Gasteiger partial charge on any atom is 0.274 e. The van der Waals surface area contributed by atoms with Crippen molar-refractivity contribution >= 4 is 26.7 Å². The van der Waals surface area contributed by atoms with Crippen molar-refractivity contribution in [2.75, 3.05) is 45.3 Å². The van der Waals surface area contributed by atoms with E-state index < -0.39 is 10.0 Å². The van der Waals surface area contributed by atoms with Crippen LogP contribution in [-0.2, 0) is 10.0 Å². The molecule has 0 bridgehead atoms. The lowest BCUT2D eigenvalue weighted by atomic mass is 10.2. The fourth-order valence-electron chi connectivity index (χ4n) is 3.58. The zero-order valence-corrected chi connectivity index (χ0v) is 17.3. The quantitative estimate of drug-likeness (QED) is 0.640. The second-order valence-electron chi connectivity index (χ2n) is 6.84. The van der Waals surface area contributed by atoms with Gasteiger partial charge >= 0.3 is 0 Å². The van der Waals surface area contributed by atoms with Gasteiger partial charge < -0.3 is 9.47 Å². The average Bonchev–Trinajstić information content (AvgIpc) is 2.78. The lowest BCUT2D eigenvalue weighted by molar-refractivity contribution is -0.330. The molecule has 1 aliphatic rings. The first-order valence-electron chi connectivity index (χ1n) is 9.41. The van der Waals surface area contributed by atoms with Crippen molar-refractivity contribution in [1.82, 2.24) is 4.31 Å². The number of benzene rings is 2. The van der Waals surface area contributed by atoms with E-state index in [9.17, 15) is 8.42 Å². The van der Waals surface area contributed by atoms with E-state index in [0.717, 1.165) is 16.7 Å². The van der Waals surface area contributed by atoms with Gasteiger partial charge in [-0.2, -0.15) is 4.31 Å². The minimum Gasteiger partial charge on any atom is -0.493 e. The topological polar surface area (TPSA) is 73.2 Å². The molecule has 152 valence electrons. The Hall–Kier alpha value is -2.84. The smallest absolute Gasteiger partial charge is 0.274 e. The van der Waals surface area contributed by atoms with Gasteiger partial charge in [0, 0.05) is 17.5 Å². The van der Waals surface area contributed by atoms with E-state index in [1.165, 1.54) is 24.6 Å². The molecule has 1 aromatic heterocycles. The van der Waals surface area contributed by atoms with Crippen LogP contribution in [0.4, 0.5) is 5.82 Å². The molecule has 8 heteroatoms. The van der Waals surface area contributed by atoms with Crippen molar-refractivity contribution < 1.29 is 22.9 Å². The number of rotatable bonds is 5. The Bertz CT molecular complexity index is 1130. The van der Waals surface area contributed by atoms with Gasteiger partial charge in [0.05, 0.1) is 45.3 Å². The number of fused-ring (bicyclic) bond motifs is 1. The van der Waals surface area contributed by atoms with Crippen LogP contribution in [0.25, 0.3) is 10.9 Å². The van der Waals surface area contributed by atoms with E-state index in [4.69, 9.17) is 9.47 Å². The maximum atomic E-state index is 13.1. The van der Waals surface area contributed by atoms with Crippen LogP contribution in [0.15, 0.2) is 59.5 Å². The highest BCUT2D eigenvalue weighted by Gasteiger charge is 2.32. The van der Waals surface area contributed by atoms with Crippen LogP contribution in [0, 0.1) is 0 Å². The molecule has 2 heterocycles. The van der Waals surface area contributed by atoms with Crippen LogP contribution in [-0.4, -0.2) is 53.1 Å². The number of pyridine rings is 1. The van der Waals surface area contributed by atoms with Gasteiger partial charge in [-0.1, -0.05) is 18.2 Å². The van der Waals surface area contributed by atoms with Crippen LogP contribution in [0.5, 0.6) is 11.5 Å². The number of hydrogen-bond donors (Lipinski definition) is 0.